The second-order valence-corrected chi connectivity index (χ2v) is 8.84. The first-order valence-electron chi connectivity index (χ1n) is 7.60. The summed E-state index contributed by atoms with van der Waals surface area (Å²) in [6.07, 6.45) is 0.611. The number of rotatable bonds is 3. The van der Waals surface area contributed by atoms with E-state index in [9.17, 15) is 14.7 Å². The normalized spacial score (nSPS) is 21.0. The van der Waals surface area contributed by atoms with Crippen LogP contribution in [-0.2, 0) is 4.79 Å². The summed E-state index contributed by atoms with van der Waals surface area (Å²) in [4.78, 5) is 31.8. The average molecular weight is 385 g/mol. The van der Waals surface area contributed by atoms with E-state index in [0.717, 1.165) is 9.88 Å². The zero-order valence-corrected chi connectivity index (χ0v) is 15.7. The number of carbonyl (C=O) groups is 2. The molecule has 5 nitrogen and oxygen atoms in total. The van der Waals surface area contributed by atoms with Crippen LogP contribution < -0.4 is 0 Å². The van der Waals surface area contributed by atoms with Crippen LogP contribution in [0.3, 0.4) is 0 Å². The smallest absolute Gasteiger partial charge is 0.308 e. The average Bonchev–Trinajstić information content (AvgIpc) is 3.11. The Labute approximate surface area is 152 Å². The maximum Gasteiger partial charge on any atom is 0.308 e. The van der Waals surface area contributed by atoms with Crippen LogP contribution in [0.5, 0.6) is 0 Å². The lowest BCUT2D eigenvalue weighted by Crippen LogP contribution is -2.45. The highest BCUT2D eigenvalue weighted by atomic mass is 35.5. The molecule has 1 aliphatic heterocycles. The summed E-state index contributed by atoms with van der Waals surface area (Å²) < 4.78 is 0.680. The van der Waals surface area contributed by atoms with Crippen molar-refractivity contribution in [1.29, 1.82) is 0 Å². The van der Waals surface area contributed by atoms with Gasteiger partial charge in [0.25, 0.3) is 5.91 Å². The van der Waals surface area contributed by atoms with Crippen molar-refractivity contribution in [2.45, 2.75) is 20.3 Å². The topological polar surface area (TPSA) is 70.5 Å². The highest BCUT2D eigenvalue weighted by Gasteiger charge is 2.33. The molecule has 3 rings (SSSR count). The maximum atomic E-state index is 12.9. The van der Waals surface area contributed by atoms with Crippen molar-refractivity contribution < 1.29 is 14.7 Å². The summed E-state index contributed by atoms with van der Waals surface area (Å²) in [6.45, 7) is 4.63. The molecule has 1 fully saturated rings. The van der Waals surface area contributed by atoms with Gasteiger partial charge in [0.05, 0.1) is 20.8 Å². The van der Waals surface area contributed by atoms with E-state index in [2.05, 4.69) is 4.98 Å². The number of carboxylic acids is 1. The van der Waals surface area contributed by atoms with Gasteiger partial charge in [-0.2, -0.15) is 0 Å². The number of aryl methyl sites for hydroxylation is 1. The lowest BCUT2D eigenvalue weighted by molar-refractivity contribution is -0.143. The van der Waals surface area contributed by atoms with E-state index in [-0.39, 0.29) is 18.4 Å². The minimum absolute atomic E-state index is 0.128. The molecule has 1 N–H and O–H groups in total. The summed E-state index contributed by atoms with van der Waals surface area (Å²) >= 11 is 8.73. The zero-order valence-electron chi connectivity index (χ0n) is 13.3. The van der Waals surface area contributed by atoms with E-state index in [1.165, 1.54) is 22.7 Å². The standard InChI is InChI=1S/C16H17ClN2O3S2/c1-8-5-10(16(21)22)7-19(6-8)15(20)13-9(2)18-14(24-13)11-3-4-12(17)23-11/h3-4,8,10H,5-7H2,1-2H3,(H,21,22). The number of aromatic nitrogens is 1. The quantitative estimate of drug-likeness (QED) is 0.867. The van der Waals surface area contributed by atoms with Crippen LogP contribution in [0.2, 0.25) is 4.34 Å². The number of hydrogen-bond donors (Lipinski definition) is 1. The predicted molar refractivity (Wildman–Crippen MR) is 96.0 cm³/mol. The zero-order chi connectivity index (χ0) is 17.4. The molecule has 1 saturated heterocycles. The Bertz CT molecular complexity index is 786. The molecule has 3 heterocycles. The number of nitrogens with zero attached hydrogens (tertiary/aromatic N) is 2. The second-order valence-electron chi connectivity index (χ2n) is 6.12. The summed E-state index contributed by atoms with van der Waals surface area (Å²) in [5.74, 6) is -1.29. The largest absolute Gasteiger partial charge is 0.481 e. The highest BCUT2D eigenvalue weighted by molar-refractivity contribution is 7.24. The molecule has 128 valence electrons. The van der Waals surface area contributed by atoms with Crippen molar-refractivity contribution in [3.8, 4) is 9.88 Å². The first-order chi connectivity index (χ1) is 11.3. The number of thiazole rings is 1. The molecule has 0 bridgehead atoms. The van der Waals surface area contributed by atoms with Gasteiger partial charge in [-0.25, -0.2) is 4.98 Å². The van der Waals surface area contributed by atoms with Crippen molar-refractivity contribution in [3.05, 3.63) is 27.0 Å². The van der Waals surface area contributed by atoms with Crippen LogP contribution in [0.1, 0.15) is 28.7 Å². The van der Waals surface area contributed by atoms with Crippen LogP contribution in [0, 0.1) is 18.8 Å². The van der Waals surface area contributed by atoms with E-state index < -0.39 is 11.9 Å². The van der Waals surface area contributed by atoms with Gasteiger partial charge in [-0.3, -0.25) is 9.59 Å². The van der Waals surface area contributed by atoms with Crippen molar-refractivity contribution in [2.75, 3.05) is 13.1 Å². The van der Waals surface area contributed by atoms with Crippen molar-refractivity contribution in [2.24, 2.45) is 11.8 Å². The molecule has 24 heavy (non-hydrogen) atoms. The Morgan fingerprint density at radius 3 is 2.71 bits per heavy atom. The molecular weight excluding hydrogens is 368 g/mol. The fourth-order valence-corrected chi connectivity index (χ4v) is 5.10. The molecule has 2 aromatic heterocycles. The Morgan fingerprint density at radius 2 is 2.08 bits per heavy atom. The molecular formula is C16H17ClN2O3S2. The minimum atomic E-state index is -0.839. The molecule has 0 saturated carbocycles. The Morgan fingerprint density at radius 1 is 1.33 bits per heavy atom. The van der Waals surface area contributed by atoms with Gasteiger partial charge in [-0.05, 0) is 31.4 Å². The van der Waals surface area contributed by atoms with Crippen molar-refractivity contribution in [3.63, 3.8) is 0 Å². The van der Waals surface area contributed by atoms with Crippen LogP contribution >= 0.6 is 34.3 Å². The Kier molecular flexibility index (Phi) is 4.94. The summed E-state index contributed by atoms with van der Waals surface area (Å²) in [5.41, 5.74) is 0.676. The first kappa shape index (κ1) is 17.4. The molecule has 0 radical (unpaired) electrons. The molecule has 0 aliphatic carbocycles. The second kappa shape index (κ2) is 6.82. The fourth-order valence-electron chi connectivity index (χ4n) is 2.97. The van der Waals surface area contributed by atoms with Crippen LogP contribution in [-0.4, -0.2) is 40.0 Å². The number of likely N-dealkylation sites (tertiary alicyclic amines) is 1. The van der Waals surface area contributed by atoms with Gasteiger partial charge < -0.3 is 10.0 Å². The number of aliphatic carboxylic acids is 1. The molecule has 8 heteroatoms. The molecule has 1 amide bonds. The number of amides is 1. The Balaban J connectivity index is 1.84. The van der Waals surface area contributed by atoms with Gasteiger partial charge in [-0.1, -0.05) is 18.5 Å². The number of thiophene rings is 1. The van der Waals surface area contributed by atoms with Gasteiger partial charge in [0.1, 0.15) is 9.88 Å². The lowest BCUT2D eigenvalue weighted by atomic mass is 9.90. The number of carbonyl (C=O) groups excluding carboxylic acids is 1. The number of halogens is 1. The first-order valence-corrected chi connectivity index (χ1v) is 9.61. The van der Waals surface area contributed by atoms with E-state index in [1.54, 1.807) is 4.90 Å². The van der Waals surface area contributed by atoms with Gasteiger partial charge in [0.2, 0.25) is 0 Å². The van der Waals surface area contributed by atoms with E-state index in [0.29, 0.717) is 27.9 Å². The van der Waals surface area contributed by atoms with Crippen LogP contribution in [0.15, 0.2) is 12.1 Å². The molecule has 0 aromatic carbocycles. The van der Waals surface area contributed by atoms with Gasteiger partial charge in [-0.15, -0.1) is 22.7 Å². The monoisotopic (exact) mass is 384 g/mol. The third kappa shape index (κ3) is 3.48. The molecule has 2 unspecified atom stereocenters. The third-order valence-corrected chi connectivity index (χ3v) is 6.62. The number of piperidine rings is 1. The van der Waals surface area contributed by atoms with Crippen LogP contribution in [0.4, 0.5) is 0 Å². The van der Waals surface area contributed by atoms with Crippen molar-refractivity contribution >= 4 is 46.2 Å². The van der Waals surface area contributed by atoms with Gasteiger partial charge in [0, 0.05) is 13.1 Å². The lowest BCUT2D eigenvalue weighted by Gasteiger charge is -2.34. The molecule has 2 aromatic rings. The Hall–Kier alpha value is -1.44. The summed E-state index contributed by atoms with van der Waals surface area (Å²) in [5, 5.41) is 10.0. The minimum Gasteiger partial charge on any atom is -0.481 e. The fraction of sp³-hybridized carbons (Fsp3) is 0.438. The number of hydrogen-bond acceptors (Lipinski definition) is 5. The molecule has 0 spiro atoms. The van der Waals surface area contributed by atoms with Gasteiger partial charge >= 0.3 is 5.97 Å². The van der Waals surface area contributed by atoms with Gasteiger partial charge in [0.15, 0.2) is 0 Å². The molecule has 2 atom stereocenters. The SMILES string of the molecule is Cc1nc(-c2ccc(Cl)s2)sc1C(=O)N1CC(C)CC(C(=O)O)C1. The molecule has 1 aliphatic rings. The maximum absolute atomic E-state index is 12.9. The summed E-state index contributed by atoms with van der Waals surface area (Å²) in [6, 6.07) is 3.70. The van der Waals surface area contributed by atoms with E-state index >= 15 is 0 Å². The van der Waals surface area contributed by atoms with Crippen molar-refractivity contribution in [1.82, 2.24) is 9.88 Å². The third-order valence-electron chi connectivity index (χ3n) is 4.07. The highest BCUT2D eigenvalue weighted by Crippen LogP contribution is 2.36. The number of carboxylic acid groups (broad SMARTS) is 1. The van der Waals surface area contributed by atoms with Crippen LogP contribution in [0.25, 0.3) is 9.88 Å². The van der Waals surface area contributed by atoms with E-state index in [1.807, 2.05) is 26.0 Å². The summed E-state index contributed by atoms with van der Waals surface area (Å²) in [7, 11) is 0. The van der Waals surface area contributed by atoms with E-state index in [4.69, 9.17) is 11.6 Å². The predicted octanol–water partition coefficient (Wildman–Crippen LogP) is 4.02.